The number of aryl methyl sites for hydroxylation is 1. The average Bonchev–Trinajstić information content (AvgIpc) is 2.25. The van der Waals surface area contributed by atoms with E-state index in [2.05, 4.69) is 4.74 Å². The van der Waals surface area contributed by atoms with Gasteiger partial charge in [-0.05, 0) is 30.5 Å². The molecule has 0 saturated carbocycles. The summed E-state index contributed by atoms with van der Waals surface area (Å²) < 4.78 is 39.3. The molecule has 1 rings (SSSR count). The summed E-state index contributed by atoms with van der Waals surface area (Å²) in [6.45, 7) is 0. The Morgan fingerprint density at radius 1 is 1.33 bits per heavy atom. The molecule has 1 atom stereocenters. The molecule has 0 aromatic heterocycles. The Labute approximate surface area is 101 Å². The molecule has 0 bridgehead atoms. The summed E-state index contributed by atoms with van der Waals surface area (Å²) >= 11 is 0. The van der Waals surface area contributed by atoms with Gasteiger partial charge in [-0.25, -0.2) is 0 Å². The first-order chi connectivity index (χ1) is 8.28. The number of rotatable bonds is 5. The number of hydrogen-bond acceptors (Lipinski definition) is 3. The number of benzene rings is 1. The van der Waals surface area contributed by atoms with E-state index in [1.54, 1.807) is 0 Å². The minimum Gasteiger partial charge on any atom is -0.480 e. The molecule has 1 aromatic carbocycles. The summed E-state index contributed by atoms with van der Waals surface area (Å²) in [4.78, 5) is 10.5. The largest absolute Gasteiger partial charge is 0.573 e. The van der Waals surface area contributed by atoms with E-state index in [0.717, 1.165) is 0 Å². The van der Waals surface area contributed by atoms with Crippen molar-refractivity contribution < 1.29 is 27.8 Å². The van der Waals surface area contributed by atoms with E-state index in [1.807, 2.05) is 0 Å². The van der Waals surface area contributed by atoms with E-state index in [9.17, 15) is 18.0 Å². The van der Waals surface area contributed by atoms with Crippen LogP contribution in [-0.4, -0.2) is 23.5 Å². The smallest absolute Gasteiger partial charge is 0.480 e. The molecule has 0 spiro atoms. The lowest BCUT2D eigenvalue weighted by molar-refractivity contribution is -0.274. The Morgan fingerprint density at radius 2 is 1.89 bits per heavy atom. The van der Waals surface area contributed by atoms with Crippen molar-refractivity contribution in [2.24, 2.45) is 5.73 Å². The summed E-state index contributed by atoms with van der Waals surface area (Å²) in [6.07, 6.45) is -4.12. The van der Waals surface area contributed by atoms with Crippen molar-refractivity contribution >= 4 is 5.97 Å². The first-order valence-corrected chi connectivity index (χ1v) is 5.11. The fourth-order valence-corrected chi connectivity index (χ4v) is 1.30. The molecule has 0 aliphatic heterocycles. The maximum Gasteiger partial charge on any atom is 0.573 e. The number of nitrogens with two attached hydrogens (primary N) is 1. The quantitative estimate of drug-likeness (QED) is 0.851. The molecule has 7 heteroatoms. The Bertz CT molecular complexity index is 403. The maximum atomic E-state index is 11.9. The van der Waals surface area contributed by atoms with Crippen LogP contribution < -0.4 is 10.5 Å². The van der Waals surface area contributed by atoms with Crippen LogP contribution in [0.3, 0.4) is 0 Å². The Morgan fingerprint density at radius 3 is 2.33 bits per heavy atom. The van der Waals surface area contributed by atoms with Gasteiger partial charge in [-0.3, -0.25) is 4.79 Å². The van der Waals surface area contributed by atoms with Gasteiger partial charge in [-0.15, -0.1) is 13.2 Å². The fourth-order valence-electron chi connectivity index (χ4n) is 1.30. The van der Waals surface area contributed by atoms with E-state index in [-0.39, 0.29) is 12.2 Å². The Kier molecular flexibility index (Phi) is 4.55. The van der Waals surface area contributed by atoms with Gasteiger partial charge in [0.2, 0.25) is 0 Å². The number of alkyl halides is 3. The predicted octanol–water partition coefficient (Wildman–Crippen LogP) is 1.93. The molecule has 18 heavy (non-hydrogen) atoms. The first kappa shape index (κ1) is 14.3. The van der Waals surface area contributed by atoms with Crippen LogP contribution in [0, 0.1) is 0 Å². The number of carboxylic acids is 1. The zero-order valence-corrected chi connectivity index (χ0v) is 9.28. The van der Waals surface area contributed by atoms with E-state index in [0.29, 0.717) is 12.0 Å². The molecule has 3 N–H and O–H groups in total. The monoisotopic (exact) mass is 263 g/mol. The molecule has 0 saturated heterocycles. The van der Waals surface area contributed by atoms with Crippen molar-refractivity contribution in [3.63, 3.8) is 0 Å². The van der Waals surface area contributed by atoms with Crippen LogP contribution in [0.25, 0.3) is 0 Å². The Balaban J connectivity index is 2.53. The van der Waals surface area contributed by atoms with Crippen molar-refractivity contribution in [2.75, 3.05) is 0 Å². The molecular formula is C11H12F3NO3. The van der Waals surface area contributed by atoms with Crippen molar-refractivity contribution in [3.8, 4) is 5.75 Å². The third-order valence-electron chi connectivity index (χ3n) is 2.22. The highest BCUT2D eigenvalue weighted by atomic mass is 19.4. The summed E-state index contributed by atoms with van der Waals surface area (Å²) in [5.41, 5.74) is 6.00. The number of halogens is 3. The van der Waals surface area contributed by atoms with Crippen molar-refractivity contribution in [1.82, 2.24) is 0 Å². The van der Waals surface area contributed by atoms with Gasteiger partial charge in [0.05, 0.1) is 0 Å². The molecule has 0 radical (unpaired) electrons. The lowest BCUT2D eigenvalue weighted by Gasteiger charge is -2.10. The molecule has 4 nitrogen and oxygen atoms in total. The van der Waals surface area contributed by atoms with Gasteiger partial charge in [-0.1, -0.05) is 12.1 Å². The van der Waals surface area contributed by atoms with Crippen LogP contribution >= 0.6 is 0 Å². The molecule has 100 valence electrons. The molecule has 0 amide bonds. The summed E-state index contributed by atoms with van der Waals surface area (Å²) in [6, 6.07) is 4.26. The predicted molar refractivity (Wildman–Crippen MR) is 57.1 cm³/mol. The standard InChI is InChI=1S/C11H12F3NO3/c12-11(13,14)18-8-4-1-7(2-5-8)3-6-9(15)10(16)17/h1-2,4-5,9H,3,6,15H2,(H,16,17). The lowest BCUT2D eigenvalue weighted by Crippen LogP contribution is -2.30. The highest BCUT2D eigenvalue weighted by Gasteiger charge is 2.30. The van der Waals surface area contributed by atoms with E-state index >= 15 is 0 Å². The van der Waals surface area contributed by atoms with Gasteiger partial charge < -0.3 is 15.6 Å². The van der Waals surface area contributed by atoms with Crippen molar-refractivity contribution in [2.45, 2.75) is 25.2 Å². The second-order valence-electron chi connectivity index (χ2n) is 3.68. The van der Waals surface area contributed by atoms with Crippen molar-refractivity contribution in [3.05, 3.63) is 29.8 Å². The van der Waals surface area contributed by atoms with E-state index in [1.165, 1.54) is 24.3 Å². The zero-order chi connectivity index (χ0) is 13.8. The van der Waals surface area contributed by atoms with Gasteiger partial charge in [0.25, 0.3) is 0 Å². The second kappa shape index (κ2) is 5.72. The average molecular weight is 263 g/mol. The molecule has 1 unspecified atom stereocenters. The number of carbonyl (C=O) groups is 1. The van der Waals surface area contributed by atoms with Crippen LogP contribution in [-0.2, 0) is 11.2 Å². The van der Waals surface area contributed by atoms with Crippen LogP contribution in [0.4, 0.5) is 13.2 Å². The molecule has 0 aliphatic rings. The van der Waals surface area contributed by atoms with Gasteiger partial charge in [0.15, 0.2) is 0 Å². The molecule has 0 heterocycles. The second-order valence-corrected chi connectivity index (χ2v) is 3.68. The van der Waals surface area contributed by atoms with Gasteiger partial charge in [0.1, 0.15) is 11.8 Å². The third-order valence-corrected chi connectivity index (χ3v) is 2.22. The number of aliphatic carboxylic acids is 1. The maximum absolute atomic E-state index is 11.9. The number of carboxylic acid groups (broad SMARTS) is 1. The SMILES string of the molecule is NC(CCc1ccc(OC(F)(F)F)cc1)C(=O)O. The number of ether oxygens (including phenoxy) is 1. The summed E-state index contributed by atoms with van der Waals surface area (Å²) in [5, 5.41) is 8.56. The van der Waals surface area contributed by atoms with Gasteiger partial charge in [-0.2, -0.15) is 0 Å². The van der Waals surface area contributed by atoms with Gasteiger partial charge >= 0.3 is 12.3 Å². The van der Waals surface area contributed by atoms with Crippen LogP contribution in [0.2, 0.25) is 0 Å². The molecule has 0 fully saturated rings. The zero-order valence-electron chi connectivity index (χ0n) is 9.28. The summed E-state index contributed by atoms with van der Waals surface area (Å²) in [5.74, 6) is -1.42. The highest BCUT2D eigenvalue weighted by Crippen LogP contribution is 2.23. The number of hydrogen-bond donors (Lipinski definition) is 2. The molecule has 1 aromatic rings. The topological polar surface area (TPSA) is 72.5 Å². The van der Waals surface area contributed by atoms with E-state index in [4.69, 9.17) is 10.8 Å². The fraction of sp³-hybridized carbons (Fsp3) is 0.364. The van der Waals surface area contributed by atoms with E-state index < -0.39 is 18.4 Å². The third kappa shape index (κ3) is 5.05. The molecular weight excluding hydrogens is 251 g/mol. The minimum absolute atomic E-state index is 0.217. The van der Waals surface area contributed by atoms with Crippen LogP contribution in [0.1, 0.15) is 12.0 Å². The molecule has 0 aliphatic carbocycles. The normalized spacial score (nSPS) is 13.1. The van der Waals surface area contributed by atoms with Crippen LogP contribution in [0.5, 0.6) is 5.75 Å². The van der Waals surface area contributed by atoms with Gasteiger partial charge in [0, 0.05) is 0 Å². The lowest BCUT2D eigenvalue weighted by atomic mass is 10.1. The Hall–Kier alpha value is -1.76. The highest BCUT2D eigenvalue weighted by molar-refractivity contribution is 5.73. The first-order valence-electron chi connectivity index (χ1n) is 5.11. The summed E-state index contributed by atoms with van der Waals surface area (Å²) in [7, 11) is 0. The van der Waals surface area contributed by atoms with Crippen LogP contribution in [0.15, 0.2) is 24.3 Å². The minimum atomic E-state index is -4.72. The van der Waals surface area contributed by atoms with Crippen molar-refractivity contribution in [1.29, 1.82) is 0 Å².